The third-order valence-electron chi connectivity index (χ3n) is 4.07. The SMILES string of the molecule is Cc1cc(C)n(Cc2ccc(C(=O)NCC3CCC3)o2)n1. The standard InChI is InChI=1S/C16H21N3O2/c1-11-8-12(2)19(18-11)10-14-6-7-15(21-14)16(20)17-9-13-4-3-5-13/h6-8,13H,3-5,9-10H2,1-2H3,(H,17,20). The highest BCUT2D eigenvalue weighted by Crippen LogP contribution is 2.25. The number of rotatable bonds is 5. The molecule has 2 aromatic heterocycles. The van der Waals surface area contributed by atoms with Crippen LogP contribution in [0.15, 0.2) is 22.6 Å². The van der Waals surface area contributed by atoms with Crippen LogP contribution in [-0.2, 0) is 6.54 Å². The Labute approximate surface area is 124 Å². The number of amides is 1. The van der Waals surface area contributed by atoms with E-state index >= 15 is 0 Å². The van der Waals surface area contributed by atoms with Crippen molar-refractivity contribution in [2.24, 2.45) is 5.92 Å². The van der Waals surface area contributed by atoms with Crippen molar-refractivity contribution >= 4 is 5.91 Å². The van der Waals surface area contributed by atoms with E-state index in [2.05, 4.69) is 10.4 Å². The van der Waals surface area contributed by atoms with Gasteiger partial charge in [-0.2, -0.15) is 5.10 Å². The van der Waals surface area contributed by atoms with E-state index in [0.29, 0.717) is 18.2 Å². The topological polar surface area (TPSA) is 60.1 Å². The van der Waals surface area contributed by atoms with Crippen molar-refractivity contribution in [1.29, 1.82) is 0 Å². The molecule has 1 fully saturated rings. The zero-order valence-corrected chi connectivity index (χ0v) is 12.6. The van der Waals surface area contributed by atoms with Crippen LogP contribution < -0.4 is 5.32 Å². The van der Waals surface area contributed by atoms with E-state index in [9.17, 15) is 4.79 Å². The van der Waals surface area contributed by atoms with Crippen molar-refractivity contribution < 1.29 is 9.21 Å². The highest BCUT2D eigenvalue weighted by molar-refractivity contribution is 5.91. The summed E-state index contributed by atoms with van der Waals surface area (Å²) in [6, 6.07) is 5.60. The smallest absolute Gasteiger partial charge is 0.287 e. The number of hydrogen-bond acceptors (Lipinski definition) is 3. The van der Waals surface area contributed by atoms with Crippen LogP contribution in [0.3, 0.4) is 0 Å². The van der Waals surface area contributed by atoms with Gasteiger partial charge in [0.05, 0.1) is 12.2 Å². The van der Waals surface area contributed by atoms with Crippen molar-refractivity contribution in [1.82, 2.24) is 15.1 Å². The molecule has 1 saturated carbocycles. The van der Waals surface area contributed by atoms with E-state index in [1.165, 1.54) is 19.3 Å². The van der Waals surface area contributed by atoms with Crippen LogP contribution in [0.25, 0.3) is 0 Å². The zero-order valence-electron chi connectivity index (χ0n) is 12.6. The molecule has 0 spiro atoms. The Kier molecular flexibility index (Phi) is 3.82. The second-order valence-corrected chi connectivity index (χ2v) is 5.86. The van der Waals surface area contributed by atoms with Gasteiger partial charge in [-0.25, -0.2) is 0 Å². The molecule has 112 valence electrons. The molecule has 1 N–H and O–H groups in total. The van der Waals surface area contributed by atoms with Gasteiger partial charge in [0.25, 0.3) is 5.91 Å². The van der Waals surface area contributed by atoms with Crippen LogP contribution in [0.2, 0.25) is 0 Å². The molecule has 2 heterocycles. The van der Waals surface area contributed by atoms with Crippen molar-refractivity contribution in [2.75, 3.05) is 6.54 Å². The molecule has 0 bridgehead atoms. The normalized spacial score (nSPS) is 15.0. The third kappa shape index (κ3) is 3.17. The van der Waals surface area contributed by atoms with Gasteiger partial charge in [0, 0.05) is 12.2 Å². The lowest BCUT2D eigenvalue weighted by atomic mass is 9.85. The third-order valence-corrected chi connectivity index (χ3v) is 4.07. The van der Waals surface area contributed by atoms with E-state index in [1.54, 1.807) is 6.07 Å². The Balaban J connectivity index is 1.59. The Morgan fingerprint density at radius 2 is 2.24 bits per heavy atom. The second-order valence-electron chi connectivity index (χ2n) is 5.86. The van der Waals surface area contributed by atoms with Crippen molar-refractivity contribution in [2.45, 2.75) is 39.7 Å². The lowest BCUT2D eigenvalue weighted by Crippen LogP contribution is -2.31. The molecule has 0 atom stereocenters. The molecule has 1 aliphatic carbocycles. The largest absolute Gasteiger partial charge is 0.454 e. The maximum atomic E-state index is 12.0. The molecule has 21 heavy (non-hydrogen) atoms. The number of furan rings is 1. The molecule has 5 heteroatoms. The summed E-state index contributed by atoms with van der Waals surface area (Å²) in [6.07, 6.45) is 3.73. The minimum atomic E-state index is -0.124. The highest BCUT2D eigenvalue weighted by Gasteiger charge is 2.19. The Bertz CT molecular complexity index is 638. The predicted octanol–water partition coefficient (Wildman–Crippen LogP) is 2.67. The maximum Gasteiger partial charge on any atom is 0.287 e. The molecule has 0 aromatic carbocycles. The quantitative estimate of drug-likeness (QED) is 0.919. The Hall–Kier alpha value is -2.04. The fourth-order valence-corrected chi connectivity index (χ4v) is 2.59. The van der Waals surface area contributed by atoms with Gasteiger partial charge in [0.2, 0.25) is 0 Å². The summed E-state index contributed by atoms with van der Waals surface area (Å²) in [5.41, 5.74) is 2.07. The van der Waals surface area contributed by atoms with Crippen LogP contribution in [0.5, 0.6) is 0 Å². The van der Waals surface area contributed by atoms with Gasteiger partial charge in [-0.1, -0.05) is 6.42 Å². The van der Waals surface area contributed by atoms with Gasteiger partial charge in [-0.3, -0.25) is 9.48 Å². The number of aryl methyl sites for hydroxylation is 2. The maximum absolute atomic E-state index is 12.0. The van der Waals surface area contributed by atoms with Gasteiger partial charge in [-0.05, 0) is 50.8 Å². The molecular formula is C16H21N3O2. The predicted molar refractivity (Wildman–Crippen MR) is 79.2 cm³/mol. The average Bonchev–Trinajstić information content (AvgIpc) is 2.95. The molecule has 5 nitrogen and oxygen atoms in total. The minimum Gasteiger partial charge on any atom is -0.454 e. The number of nitrogens with zero attached hydrogens (tertiary/aromatic N) is 2. The summed E-state index contributed by atoms with van der Waals surface area (Å²) in [5, 5.41) is 7.33. The lowest BCUT2D eigenvalue weighted by molar-refractivity contribution is 0.0909. The molecule has 1 amide bonds. The fourth-order valence-electron chi connectivity index (χ4n) is 2.59. The molecule has 0 radical (unpaired) electrons. The highest BCUT2D eigenvalue weighted by atomic mass is 16.4. The molecule has 0 unspecified atom stereocenters. The van der Waals surface area contributed by atoms with Crippen LogP contribution in [-0.4, -0.2) is 22.2 Å². The van der Waals surface area contributed by atoms with Gasteiger partial charge in [0.1, 0.15) is 5.76 Å². The van der Waals surface area contributed by atoms with E-state index < -0.39 is 0 Å². The van der Waals surface area contributed by atoms with E-state index in [1.807, 2.05) is 30.7 Å². The number of carbonyl (C=O) groups excluding carboxylic acids is 1. The molecular weight excluding hydrogens is 266 g/mol. The monoisotopic (exact) mass is 287 g/mol. The van der Waals surface area contributed by atoms with E-state index in [-0.39, 0.29) is 5.91 Å². The number of nitrogens with one attached hydrogen (secondary N) is 1. The first-order valence-corrected chi connectivity index (χ1v) is 7.50. The Morgan fingerprint density at radius 3 is 2.86 bits per heavy atom. The van der Waals surface area contributed by atoms with Crippen molar-refractivity contribution in [3.8, 4) is 0 Å². The van der Waals surface area contributed by atoms with Gasteiger partial charge in [0.15, 0.2) is 5.76 Å². The fraction of sp³-hybridized carbons (Fsp3) is 0.500. The van der Waals surface area contributed by atoms with Gasteiger partial charge in [-0.15, -0.1) is 0 Å². The van der Waals surface area contributed by atoms with Crippen LogP contribution >= 0.6 is 0 Å². The first-order chi connectivity index (χ1) is 10.1. The van der Waals surface area contributed by atoms with Crippen molar-refractivity contribution in [3.05, 3.63) is 41.1 Å². The first-order valence-electron chi connectivity index (χ1n) is 7.50. The van der Waals surface area contributed by atoms with Crippen LogP contribution in [0.1, 0.15) is 47.0 Å². The first kappa shape index (κ1) is 13.9. The molecule has 3 rings (SSSR count). The lowest BCUT2D eigenvalue weighted by Gasteiger charge is -2.25. The van der Waals surface area contributed by atoms with E-state index in [4.69, 9.17) is 4.42 Å². The minimum absolute atomic E-state index is 0.124. The van der Waals surface area contributed by atoms with Crippen molar-refractivity contribution in [3.63, 3.8) is 0 Å². The second kappa shape index (κ2) is 5.76. The molecule has 0 aliphatic heterocycles. The van der Waals surface area contributed by atoms with Crippen LogP contribution in [0.4, 0.5) is 0 Å². The number of hydrogen-bond donors (Lipinski definition) is 1. The zero-order chi connectivity index (χ0) is 14.8. The summed E-state index contributed by atoms with van der Waals surface area (Å²) < 4.78 is 7.50. The number of aromatic nitrogens is 2. The number of carbonyl (C=O) groups is 1. The van der Waals surface area contributed by atoms with Gasteiger partial charge >= 0.3 is 0 Å². The Morgan fingerprint density at radius 1 is 1.43 bits per heavy atom. The summed E-state index contributed by atoms with van der Waals surface area (Å²) in [4.78, 5) is 12.0. The van der Waals surface area contributed by atoms with Gasteiger partial charge < -0.3 is 9.73 Å². The van der Waals surface area contributed by atoms with Crippen LogP contribution in [0, 0.1) is 19.8 Å². The summed E-state index contributed by atoms with van der Waals surface area (Å²) in [7, 11) is 0. The van der Waals surface area contributed by atoms with E-state index in [0.717, 1.165) is 23.7 Å². The summed E-state index contributed by atoms with van der Waals surface area (Å²) in [6.45, 7) is 5.28. The molecule has 2 aromatic rings. The molecule has 0 saturated heterocycles. The average molecular weight is 287 g/mol. The molecule has 1 aliphatic rings. The summed E-state index contributed by atoms with van der Waals surface area (Å²) >= 11 is 0. The summed E-state index contributed by atoms with van der Waals surface area (Å²) in [5.74, 6) is 1.65.